The molecule has 0 atom stereocenters. The lowest BCUT2D eigenvalue weighted by Crippen LogP contribution is -2.01. The molecule has 0 spiro atoms. The van der Waals surface area contributed by atoms with Crippen molar-refractivity contribution in [1.82, 2.24) is 10.2 Å². The van der Waals surface area contributed by atoms with E-state index in [2.05, 4.69) is 10.2 Å². The van der Waals surface area contributed by atoms with Gasteiger partial charge in [-0.3, -0.25) is 0 Å². The first-order chi connectivity index (χ1) is 12.7. The standard InChI is InChI=1S/C18H17ClN2O4S/c1-22-15-4-2-3-5-16(15)23-10-11-26-18-21-20-17(25-18)12-24-14-8-6-13(19)7-9-14/h2-9H,10-12H2,1H3. The van der Waals surface area contributed by atoms with Crippen LogP contribution in [0.25, 0.3) is 0 Å². The van der Waals surface area contributed by atoms with Crippen molar-refractivity contribution in [3.05, 3.63) is 59.4 Å². The molecule has 0 aliphatic rings. The summed E-state index contributed by atoms with van der Waals surface area (Å²) in [5.41, 5.74) is 0. The Labute approximate surface area is 160 Å². The fourth-order valence-corrected chi connectivity index (χ4v) is 2.77. The Bertz CT molecular complexity index is 826. The molecule has 3 rings (SSSR count). The minimum Gasteiger partial charge on any atom is -0.493 e. The zero-order valence-electron chi connectivity index (χ0n) is 14.1. The van der Waals surface area contributed by atoms with Crippen molar-refractivity contribution in [3.63, 3.8) is 0 Å². The summed E-state index contributed by atoms with van der Waals surface area (Å²) in [7, 11) is 1.61. The molecule has 0 radical (unpaired) electrons. The zero-order chi connectivity index (χ0) is 18.2. The molecule has 0 fully saturated rings. The Balaban J connectivity index is 1.41. The number of benzene rings is 2. The Kier molecular flexibility index (Phi) is 6.62. The molecule has 8 heteroatoms. The molecule has 0 bridgehead atoms. The number of methoxy groups -OCH3 is 1. The number of para-hydroxylation sites is 2. The van der Waals surface area contributed by atoms with Crippen molar-refractivity contribution in [1.29, 1.82) is 0 Å². The summed E-state index contributed by atoms with van der Waals surface area (Å²) < 4.78 is 22.0. The average molecular weight is 393 g/mol. The van der Waals surface area contributed by atoms with E-state index in [1.54, 1.807) is 31.4 Å². The van der Waals surface area contributed by atoms with E-state index in [1.807, 2.05) is 24.3 Å². The summed E-state index contributed by atoms with van der Waals surface area (Å²) >= 11 is 7.25. The van der Waals surface area contributed by atoms with Crippen LogP contribution in [0.5, 0.6) is 17.2 Å². The number of halogens is 1. The van der Waals surface area contributed by atoms with Gasteiger partial charge in [-0.2, -0.15) is 0 Å². The van der Waals surface area contributed by atoms with E-state index in [0.717, 1.165) is 0 Å². The fourth-order valence-electron chi connectivity index (χ4n) is 2.05. The van der Waals surface area contributed by atoms with Crippen molar-refractivity contribution < 1.29 is 18.6 Å². The number of thioether (sulfide) groups is 1. The highest BCUT2D eigenvalue weighted by Gasteiger charge is 2.08. The molecule has 0 saturated heterocycles. The molecule has 1 heterocycles. The van der Waals surface area contributed by atoms with Gasteiger partial charge in [-0.1, -0.05) is 35.5 Å². The summed E-state index contributed by atoms with van der Waals surface area (Å²) in [6, 6.07) is 14.6. The molecule has 0 aliphatic carbocycles. The molecule has 6 nitrogen and oxygen atoms in total. The van der Waals surface area contributed by atoms with Gasteiger partial charge in [0.05, 0.1) is 13.7 Å². The molecule has 1 aromatic heterocycles. The van der Waals surface area contributed by atoms with Crippen molar-refractivity contribution >= 4 is 23.4 Å². The molecule has 0 unspecified atom stereocenters. The summed E-state index contributed by atoms with van der Waals surface area (Å²) in [5.74, 6) is 3.17. The number of rotatable bonds is 9. The molecule has 0 saturated carbocycles. The van der Waals surface area contributed by atoms with Gasteiger partial charge in [-0.15, -0.1) is 10.2 Å². The first-order valence-electron chi connectivity index (χ1n) is 7.84. The van der Waals surface area contributed by atoms with Gasteiger partial charge in [0.15, 0.2) is 18.1 Å². The average Bonchev–Trinajstić information content (AvgIpc) is 3.13. The van der Waals surface area contributed by atoms with E-state index in [1.165, 1.54) is 11.8 Å². The molecule has 26 heavy (non-hydrogen) atoms. The summed E-state index contributed by atoms with van der Waals surface area (Å²) in [6.07, 6.45) is 0. The summed E-state index contributed by atoms with van der Waals surface area (Å²) in [4.78, 5) is 0. The number of ether oxygens (including phenoxy) is 3. The first-order valence-corrected chi connectivity index (χ1v) is 9.20. The lowest BCUT2D eigenvalue weighted by Gasteiger charge is -2.09. The van der Waals surface area contributed by atoms with Crippen molar-refractivity contribution in [2.45, 2.75) is 11.8 Å². The first kappa shape index (κ1) is 18.4. The normalized spacial score (nSPS) is 10.5. The fraction of sp³-hybridized carbons (Fsp3) is 0.222. The highest BCUT2D eigenvalue weighted by Crippen LogP contribution is 2.26. The maximum Gasteiger partial charge on any atom is 0.276 e. The molecule has 0 aliphatic heterocycles. The van der Waals surface area contributed by atoms with Crippen LogP contribution in [0.4, 0.5) is 0 Å². The highest BCUT2D eigenvalue weighted by molar-refractivity contribution is 7.99. The zero-order valence-corrected chi connectivity index (χ0v) is 15.6. The predicted octanol–water partition coefficient (Wildman–Crippen LogP) is 4.48. The Morgan fingerprint density at radius 1 is 1.00 bits per heavy atom. The van der Waals surface area contributed by atoms with E-state index in [-0.39, 0.29) is 6.61 Å². The Morgan fingerprint density at radius 3 is 2.54 bits per heavy atom. The topological polar surface area (TPSA) is 66.6 Å². The van der Waals surface area contributed by atoms with Crippen LogP contribution in [0, 0.1) is 0 Å². The molecule has 136 valence electrons. The molecule has 2 aromatic carbocycles. The largest absolute Gasteiger partial charge is 0.493 e. The highest BCUT2D eigenvalue weighted by atomic mass is 35.5. The molecule has 0 amide bonds. The van der Waals surface area contributed by atoms with Crippen LogP contribution >= 0.6 is 23.4 Å². The van der Waals surface area contributed by atoms with Crippen LogP contribution < -0.4 is 14.2 Å². The summed E-state index contributed by atoms with van der Waals surface area (Å²) in [6.45, 7) is 0.691. The minimum atomic E-state index is 0.201. The number of hydrogen-bond donors (Lipinski definition) is 0. The van der Waals surface area contributed by atoms with Gasteiger partial charge in [0.25, 0.3) is 11.1 Å². The SMILES string of the molecule is COc1ccccc1OCCSc1nnc(COc2ccc(Cl)cc2)o1. The van der Waals surface area contributed by atoms with Crippen LogP contribution in [-0.2, 0) is 6.61 Å². The smallest absolute Gasteiger partial charge is 0.276 e. The lowest BCUT2D eigenvalue weighted by molar-refractivity contribution is 0.252. The second-order valence-corrected chi connectivity index (χ2v) is 6.53. The second-order valence-electron chi connectivity index (χ2n) is 5.05. The number of hydrogen-bond acceptors (Lipinski definition) is 7. The van der Waals surface area contributed by atoms with Crippen LogP contribution in [0.2, 0.25) is 5.02 Å². The van der Waals surface area contributed by atoms with Gasteiger partial charge >= 0.3 is 0 Å². The Hall–Kier alpha value is -2.38. The second kappa shape index (κ2) is 9.35. The van der Waals surface area contributed by atoms with Gasteiger partial charge in [0, 0.05) is 10.8 Å². The van der Waals surface area contributed by atoms with E-state index in [0.29, 0.717) is 45.7 Å². The summed E-state index contributed by atoms with van der Waals surface area (Å²) in [5, 5.41) is 9.08. The monoisotopic (exact) mass is 392 g/mol. The van der Waals surface area contributed by atoms with Crippen molar-refractivity contribution in [2.24, 2.45) is 0 Å². The molecular weight excluding hydrogens is 376 g/mol. The predicted molar refractivity (Wildman–Crippen MR) is 99.3 cm³/mol. The van der Waals surface area contributed by atoms with E-state index < -0.39 is 0 Å². The van der Waals surface area contributed by atoms with E-state index in [9.17, 15) is 0 Å². The van der Waals surface area contributed by atoms with Crippen molar-refractivity contribution in [3.8, 4) is 17.2 Å². The Morgan fingerprint density at radius 2 is 1.77 bits per heavy atom. The number of aromatic nitrogens is 2. The van der Waals surface area contributed by atoms with E-state index in [4.69, 9.17) is 30.2 Å². The van der Waals surface area contributed by atoms with Gasteiger partial charge < -0.3 is 18.6 Å². The van der Waals surface area contributed by atoms with Gasteiger partial charge in [0.1, 0.15) is 5.75 Å². The molecular formula is C18H17ClN2O4S. The minimum absolute atomic E-state index is 0.201. The third-order valence-corrected chi connectivity index (χ3v) is 4.29. The maximum absolute atomic E-state index is 5.83. The van der Waals surface area contributed by atoms with Gasteiger partial charge in [0.2, 0.25) is 0 Å². The molecule has 3 aromatic rings. The number of nitrogens with zero attached hydrogens (tertiary/aromatic N) is 2. The third-order valence-electron chi connectivity index (χ3n) is 3.26. The van der Waals surface area contributed by atoms with Crippen LogP contribution in [0.3, 0.4) is 0 Å². The molecule has 0 N–H and O–H groups in total. The van der Waals surface area contributed by atoms with Crippen LogP contribution in [-0.4, -0.2) is 29.7 Å². The van der Waals surface area contributed by atoms with Gasteiger partial charge in [-0.05, 0) is 36.4 Å². The van der Waals surface area contributed by atoms with Gasteiger partial charge in [-0.25, -0.2) is 0 Å². The lowest BCUT2D eigenvalue weighted by atomic mass is 10.3. The third kappa shape index (κ3) is 5.31. The van der Waals surface area contributed by atoms with E-state index >= 15 is 0 Å². The van der Waals surface area contributed by atoms with Crippen LogP contribution in [0.1, 0.15) is 5.89 Å². The maximum atomic E-state index is 5.83. The quantitative estimate of drug-likeness (QED) is 0.392. The van der Waals surface area contributed by atoms with Crippen LogP contribution in [0.15, 0.2) is 58.2 Å². The van der Waals surface area contributed by atoms with Crippen molar-refractivity contribution in [2.75, 3.05) is 19.5 Å².